The number of para-hydroxylation sites is 1. The van der Waals surface area contributed by atoms with Gasteiger partial charge < -0.3 is 14.7 Å². The Labute approximate surface area is 106 Å². The maximum Gasteiger partial charge on any atom is 0.191 e. The molecule has 0 aromatic heterocycles. The van der Waals surface area contributed by atoms with Gasteiger partial charge in [0.1, 0.15) is 5.75 Å². The molecule has 1 aromatic carbocycles. The zero-order chi connectivity index (χ0) is 13.0. The first-order valence-corrected chi connectivity index (χ1v) is 6.02. The van der Waals surface area contributed by atoms with E-state index in [4.69, 9.17) is 4.74 Å². The number of morpholine rings is 1. The molecule has 1 heterocycles. The predicted octanol–water partition coefficient (Wildman–Crippen LogP) is 1.81. The minimum Gasteiger partial charge on any atom is -0.507 e. The van der Waals surface area contributed by atoms with Crippen molar-refractivity contribution in [1.29, 1.82) is 0 Å². The van der Waals surface area contributed by atoms with Crippen molar-refractivity contribution in [3.05, 3.63) is 41.6 Å². The van der Waals surface area contributed by atoms with Crippen molar-refractivity contribution in [1.82, 2.24) is 4.90 Å². The third-order valence-corrected chi connectivity index (χ3v) is 3.02. The van der Waals surface area contributed by atoms with Crippen LogP contribution >= 0.6 is 0 Å². The summed E-state index contributed by atoms with van der Waals surface area (Å²) in [6.45, 7) is 4.89. The average Bonchev–Trinajstić information content (AvgIpc) is 2.40. The fraction of sp³-hybridized carbons (Fsp3) is 0.357. The summed E-state index contributed by atoms with van der Waals surface area (Å²) in [7, 11) is 0. The molecule has 4 heteroatoms. The van der Waals surface area contributed by atoms with Crippen LogP contribution in [0.5, 0.6) is 5.75 Å². The number of nitrogens with zero attached hydrogens (tertiary/aromatic N) is 1. The molecular weight excluding hydrogens is 230 g/mol. The van der Waals surface area contributed by atoms with E-state index in [2.05, 4.69) is 4.90 Å². The monoisotopic (exact) mass is 247 g/mol. The second-order valence-corrected chi connectivity index (χ2v) is 4.27. The summed E-state index contributed by atoms with van der Waals surface area (Å²) in [5.41, 5.74) is 1.25. The molecule has 1 fully saturated rings. The number of ketones is 1. The summed E-state index contributed by atoms with van der Waals surface area (Å²) >= 11 is 0. The topological polar surface area (TPSA) is 49.8 Å². The fourth-order valence-corrected chi connectivity index (χ4v) is 1.96. The van der Waals surface area contributed by atoms with Crippen LogP contribution in [0.3, 0.4) is 0 Å². The van der Waals surface area contributed by atoms with Gasteiger partial charge in [-0.3, -0.25) is 4.79 Å². The third kappa shape index (κ3) is 2.90. The van der Waals surface area contributed by atoms with E-state index >= 15 is 0 Å². The molecule has 0 bridgehead atoms. The van der Waals surface area contributed by atoms with Gasteiger partial charge in [0.05, 0.1) is 18.8 Å². The van der Waals surface area contributed by atoms with Crippen molar-refractivity contribution >= 4 is 5.78 Å². The number of benzene rings is 1. The first-order valence-electron chi connectivity index (χ1n) is 6.02. The smallest absolute Gasteiger partial charge is 0.191 e. The van der Waals surface area contributed by atoms with Gasteiger partial charge in [0.2, 0.25) is 0 Å². The van der Waals surface area contributed by atoms with Crippen LogP contribution in [0.1, 0.15) is 17.3 Å². The van der Waals surface area contributed by atoms with Gasteiger partial charge in [-0.05, 0) is 19.1 Å². The summed E-state index contributed by atoms with van der Waals surface area (Å²) in [5.74, 6) is -0.148. The molecule has 0 unspecified atom stereocenters. The van der Waals surface area contributed by atoms with E-state index in [0.717, 1.165) is 18.8 Å². The second kappa shape index (κ2) is 5.69. The number of carbonyl (C=O) groups excluding carboxylic acids is 1. The van der Waals surface area contributed by atoms with Gasteiger partial charge in [-0.25, -0.2) is 0 Å². The number of ether oxygens (including phenoxy) is 1. The van der Waals surface area contributed by atoms with Crippen molar-refractivity contribution in [2.75, 3.05) is 26.3 Å². The predicted molar refractivity (Wildman–Crippen MR) is 68.6 cm³/mol. The minimum absolute atomic E-state index is 0.0218. The lowest BCUT2D eigenvalue weighted by molar-refractivity contribution is 0.0534. The quantitative estimate of drug-likeness (QED) is 0.653. The first-order chi connectivity index (χ1) is 8.68. The molecule has 2 rings (SSSR count). The van der Waals surface area contributed by atoms with Crippen LogP contribution in [-0.2, 0) is 4.74 Å². The van der Waals surface area contributed by atoms with E-state index in [-0.39, 0.29) is 11.5 Å². The van der Waals surface area contributed by atoms with Crippen molar-refractivity contribution in [3.63, 3.8) is 0 Å². The van der Waals surface area contributed by atoms with Crippen LogP contribution in [0, 0.1) is 0 Å². The molecule has 1 aromatic rings. The molecule has 1 aliphatic rings. The van der Waals surface area contributed by atoms with Crippen LogP contribution in [0.15, 0.2) is 36.0 Å². The van der Waals surface area contributed by atoms with Gasteiger partial charge >= 0.3 is 0 Å². The van der Waals surface area contributed by atoms with E-state index in [1.807, 2.05) is 6.92 Å². The van der Waals surface area contributed by atoms with Crippen LogP contribution in [0.4, 0.5) is 0 Å². The first kappa shape index (κ1) is 12.6. The highest BCUT2D eigenvalue weighted by molar-refractivity contribution is 6.06. The molecule has 4 nitrogen and oxygen atoms in total. The summed E-state index contributed by atoms with van der Waals surface area (Å²) in [5, 5.41) is 9.62. The Hall–Kier alpha value is -1.81. The Morgan fingerprint density at radius 3 is 2.67 bits per heavy atom. The standard InChI is InChI=1S/C14H17NO3/c1-11(15-6-8-18-9-7-15)10-14(17)12-4-2-3-5-13(12)16/h2-5,10,16H,6-9H2,1H3/b11-10+. The van der Waals surface area contributed by atoms with Crippen molar-refractivity contribution < 1.29 is 14.6 Å². The Bertz CT molecular complexity index is 462. The van der Waals surface area contributed by atoms with Crippen molar-refractivity contribution in [2.45, 2.75) is 6.92 Å². The Balaban J connectivity index is 2.12. The van der Waals surface area contributed by atoms with E-state index in [9.17, 15) is 9.90 Å². The Morgan fingerprint density at radius 2 is 2.00 bits per heavy atom. The molecule has 1 saturated heterocycles. The summed E-state index contributed by atoms with van der Waals surface area (Å²) < 4.78 is 5.26. The molecule has 0 saturated carbocycles. The SMILES string of the molecule is C/C(=C\C(=O)c1ccccc1O)N1CCOCC1. The van der Waals surface area contributed by atoms with Crippen molar-refractivity contribution in [2.24, 2.45) is 0 Å². The molecule has 0 atom stereocenters. The lowest BCUT2D eigenvalue weighted by Gasteiger charge is -2.29. The lowest BCUT2D eigenvalue weighted by Crippen LogP contribution is -2.35. The molecule has 0 amide bonds. The van der Waals surface area contributed by atoms with Crippen LogP contribution in [0.25, 0.3) is 0 Å². The number of phenols is 1. The number of allylic oxidation sites excluding steroid dienone is 2. The normalized spacial score (nSPS) is 16.7. The molecule has 18 heavy (non-hydrogen) atoms. The second-order valence-electron chi connectivity index (χ2n) is 4.27. The summed E-state index contributed by atoms with van der Waals surface area (Å²) in [6, 6.07) is 6.58. The highest BCUT2D eigenvalue weighted by Gasteiger charge is 2.13. The molecule has 0 aliphatic carbocycles. The van der Waals surface area contributed by atoms with Crippen LogP contribution < -0.4 is 0 Å². The number of phenolic OH excluding ortho intramolecular Hbond substituents is 1. The highest BCUT2D eigenvalue weighted by atomic mass is 16.5. The van der Waals surface area contributed by atoms with Gasteiger partial charge in [0, 0.05) is 24.9 Å². The molecular formula is C14H17NO3. The number of hydrogen-bond donors (Lipinski definition) is 1. The van der Waals surface area contributed by atoms with E-state index in [1.165, 1.54) is 6.07 Å². The van der Waals surface area contributed by atoms with Gasteiger partial charge in [-0.15, -0.1) is 0 Å². The zero-order valence-corrected chi connectivity index (χ0v) is 10.4. The number of hydrogen-bond acceptors (Lipinski definition) is 4. The largest absolute Gasteiger partial charge is 0.507 e. The number of aromatic hydroxyl groups is 1. The molecule has 0 spiro atoms. The molecule has 96 valence electrons. The lowest BCUT2D eigenvalue weighted by atomic mass is 10.1. The van der Waals surface area contributed by atoms with E-state index in [0.29, 0.717) is 18.8 Å². The molecule has 1 aliphatic heterocycles. The van der Waals surface area contributed by atoms with Gasteiger partial charge in [-0.1, -0.05) is 12.1 Å². The van der Waals surface area contributed by atoms with E-state index < -0.39 is 0 Å². The summed E-state index contributed by atoms with van der Waals surface area (Å²) in [4.78, 5) is 14.1. The Morgan fingerprint density at radius 1 is 1.33 bits per heavy atom. The fourth-order valence-electron chi connectivity index (χ4n) is 1.96. The minimum atomic E-state index is -0.169. The molecule has 0 radical (unpaired) electrons. The maximum atomic E-state index is 12.0. The number of carbonyl (C=O) groups is 1. The van der Waals surface area contributed by atoms with Crippen molar-refractivity contribution in [3.8, 4) is 5.75 Å². The van der Waals surface area contributed by atoms with Crippen LogP contribution in [0.2, 0.25) is 0 Å². The average molecular weight is 247 g/mol. The third-order valence-electron chi connectivity index (χ3n) is 3.02. The van der Waals surface area contributed by atoms with Gasteiger partial charge in [0.15, 0.2) is 5.78 Å². The summed E-state index contributed by atoms with van der Waals surface area (Å²) in [6.07, 6.45) is 1.57. The Kier molecular flexibility index (Phi) is 3.99. The highest BCUT2D eigenvalue weighted by Crippen LogP contribution is 2.18. The van der Waals surface area contributed by atoms with E-state index in [1.54, 1.807) is 24.3 Å². The zero-order valence-electron chi connectivity index (χ0n) is 10.4. The maximum absolute atomic E-state index is 12.0. The van der Waals surface area contributed by atoms with Gasteiger partial charge in [0.25, 0.3) is 0 Å². The van der Waals surface area contributed by atoms with Crippen LogP contribution in [-0.4, -0.2) is 42.1 Å². The number of rotatable bonds is 3. The van der Waals surface area contributed by atoms with Gasteiger partial charge in [-0.2, -0.15) is 0 Å². The molecule has 1 N–H and O–H groups in total.